The molecule has 2 heterocycles. The molecule has 1 aliphatic rings. The molecule has 5 nitrogen and oxygen atoms in total. The first-order valence-corrected chi connectivity index (χ1v) is 11.7. The Hall–Kier alpha value is -4.07. The van der Waals surface area contributed by atoms with E-state index in [1.807, 2.05) is 60.7 Å². The Balaban J connectivity index is 1.30. The molecular formula is C28H24F3N3O2. The molecule has 184 valence electrons. The van der Waals surface area contributed by atoms with E-state index in [2.05, 4.69) is 10.4 Å². The van der Waals surface area contributed by atoms with Gasteiger partial charge in [-0.05, 0) is 41.8 Å². The summed E-state index contributed by atoms with van der Waals surface area (Å²) in [5.41, 5.74) is 1.83. The number of para-hydroxylation sites is 1. The van der Waals surface area contributed by atoms with Gasteiger partial charge in [0.05, 0.1) is 17.8 Å². The summed E-state index contributed by atoms with van der Waals surface area (Å²) in [4.78, 5) is 13.1. The summed E-state index contributed by atoms with van der Waals surface area (Å²) in [5, 5.41) is 7.09. The van der Waals surface area contributed by atoms with Gasteiger partial charge in [0, 0.05) is 12.8 Å². The first kappa shape index (κ1) is 23.7. The van der Waals surface area contributed by atoms with Crippen LogP contribution in [0, 0.1) is 0 Å². The average Bonchev–Trinajstić information content (AvgIpc) is 3.32. The lowest BCUT2D eigenvalue weighted by Gasteiger charge is -2.34. The second-order valence-corrected chi connectivity index (χ2v) is 8.73. The molecule has 5 rings (SSSR count). The molecule has 2 unspecified atom stereocenters. The third-order valence-electron chi connectivity index (χ3n) is 6.28. The largest absolute Gasteiger partial charge is 0.457 e. The van der Waals surface area contributed by atoms with Crippen LogP contribution in [0.4, 0.5) is 19.0 Å². The topological polar surface area (TPSA) is 56.1 Å². The Kier molecular flexibility index (Phi) is 6.50. The highest BCUT2D eigenvalue weighted by atomic mass is 19.4. The lowest BCUT2D eigenvalue weighted by molar-refractivity contribution is -0.173. The monoisotopic (exact) mass is 491 g/mol. The summed E-state index contributed by atoms with van der Waals surface area (Å²) < 4.78 is 48.3. The second kappa shape index (κ2) is 9.89. The van der Waals surface area contributed by atoms with Crippen molar-refractivity contribution in [1.29, 1.82) is 0 Å². The Morgan fingerprint density at radius 2 is 1.58 bits per heavy atom. The highest BCUT2D eigenvalue weighted by Crippen LogP contribution is 2.44. The number of aryl methyl sites for hydroxylation is 1. The van der Waals surface area contributed by atoms with Gasteiger partial charge in [0.1, 0.15) is 17.3 Å². The van der Waals surface area contributed by atoms with Crippen molar-refractivity contribution in [2.24, 2.45) is 0 Å². The summed E-state index contributed by atoms with van der Waals surface area (Å²) in [6, 6.07) is 23.4. The molecule has 8 heteroatoms. The minimum absolute atomic E-state index is 0.119. The highest BCUT2D eigenvalue weighted by Gasteiger charge is 2.47. The third-order valence-corrected chi connectivity index (χ3v) is 6.28. The van der Waals surface area contributed by atoms with E-state index in [0.717, 1.165) is 21.6 Å². The van der Waals surface area contributed by atoms with E-state index in [0.29, 0.717) is 12.2 Å². The van der Waals surface area contributed by atoms with E-state index in [1.165, 1.54) is 6.20 Å². The molecule has 0 aliphatic carbocycles. The van der Waals surface area contributed by atoms with E-state index in [4.69, 9.17) is 4.74 Å². The van der Waals surface area contributed by atoms with Crippen molar-refractivity contribution in [3.63, 3.8) is 0 Å². The normalized spacial score (nSPS) is 17.2. The van der Waals surface area contributed by atoms with Gasteiger partial charge < -0.3 is 10.1 Å². The number of ketones is 1. The van der Waals surface area contributed by atoms with Gasteiger partial charge >= 0.3 is 6.18 Å². The molecule has 1 aliphatic heterocycles. The van der Waals surface area contributed by atoms with Crippen LogP contribution in [0.1, 0.15) is 46.4 Å². The predicted molar refractivity (Wildman–Crippen MR) is 130 cm³/mol. The van der Waals surface area contributed by atoms with Crippen molar-refractivity contribution in [3.8, 4) is 11.5 Å². The second-order valence-electron chi connectivity index (χ2n) is 8.73. The zero-order valence-electron chi connectivity index (χ0n) is 19.3. The van der Waals surface area contributed by atoms with Gasteiger partial charge in [0.25, 0.3) is 0 Å². The number of halogens is 3. The van der Waals surface area contributed by atoms with Gasteiger partial charge in [-0.2, -0.15) is 18.3 Å². The number of alkyl halides is 3. The molecule has 1 N–H and O–H groups in total. The van der Waals surface area contributed by atoms with Crippen LogP contribution in [0.15, 0.2) is 91.1 Å². The number of carbonyl (C=O) groups excluding carboxylic acids is 1. The zero-order chi connectivity index (χ0) is 25.1. The Labute approximate surface area is 206 Å². The smallest absolute Gasteiger partial charge is 0.410 e. The summed E-state index contributed by atoms with van der Waals surface area (Å²) in [7, 11) is 0. The average molecular weight is 492 g/mol. The lowest BCUT2D eigenvalue weighted by Crippen LogP contribution is -2.36. The van der Waals surface area contributed by atoms with Crippen molar-refractivity contribution in [1.82, 2.24) is 9.78 Å². The van der Waals surface area contributed by atoms with Crippen LogP contribution < -0.4 is 10.1 Å². The fourth-order valence-electron chi connectivity index (χ4n) is 4.41. The van der Waals surface area contributed by atoms with E-state index in [9.17, 15) is 18.0 Å². The standard InChI is InChI=1S/C28H24F3N3O2/c29-28(30,31)26-17-24(20-7-3-1-4-8-20)33-27-23(18-32-34(26)27)25(35)16-13-19-11-14-22(15-12-19)36-21-9-5-2-6-10-21/h1-12,14-15,18,24,26,33H,13,16-17H2. The first-order chi connectivity index (χ1) is 17.4. The van der Waals surface area contributed by atoms with Crippen LogP contribution >= 0.6 is 0 Å². The fraction of sp³-hybridized carbons (Fsp3) is 0.214. The first-order valence-electron chi connectivity index (χ1n) is 11.7. The Morgan fingerprint density at radius 3 is 2.25 bits per heavy atom. The van der Waals surface area contributed by atoms with E-state index >= 15 is 0 Å². The van der Waals surface area contributed by atoms with E-state index in [1.54, 1.807) is 24.3 Å². The number of carbonyl (C=O) groups is 1. The molecule has 0 saturated carbocycles. The number of hydrogen-bond donors (Lipinski definition) is 1. The highest BCUT2D eigenvalue weighted by molar-refractivity contribution is 6.00. The van der Waals surface area contributed by atoms with Gasteiger partial charge in [0.15, 0.2) is 11.8 Å². The van der Waals surface area contributed by atoms with Crippen molar-refractivity contribution in [3.05, 3.63) is 108 Å². The molecule has 4 aromatic rings. The summed E-state index contributed by atoms with van der Waals surface area (Å²) >= 11 is 0. The predicted octanol–water partition coefficient (Wildman–Crippen LogP) is 7.15. The molecule has 1 aromatic heterocycles. The minimum Gasteiger partial charge on any atom is -0.457 e. The quantitative estimate of drug-likeness (QED) is 0.279. The third kappa shape index (κ3) is 5.12. The number of ether oxygens (including phenoxy) is 1. The molecule has 0 saturated heterocycles. The van der Waals surface area contributed by atoms with Crippen molar-refractivity contribution < 1.29 is 22.7 Å². The lowest BCUT2D eigenvalue weighted by atomic mass is 9.96. The summed E-state index contributed by atoms with van der Waals surface area (Å²) in [5.74, 6) is 1.26. The van der Waals surface area contributed by atoms with Crippen LogP contribution in [0.25, 0.3) is 0 Å². The minimum atomic E-state index is -4.49. The molecule has 3 aromatic carbocycles. The van der Waals surface area contributed by atoms with Crippen LogP contribution in [-0.2, 0) is 6.42 Å². The molecule has 36 heavy (non-hydrogen) atoms. The van der Waals surface area contributed by atoms with Gasteiger partial charge in [0.2, 0.25) is 0 Å². The molecule has 0 spiro atoms. The number of Topliss-reactive ketones (excluding diaryl/α,β-unsaturated/α-hetero) is 1. The summed E-state index contributed by atoms with van der Waals surface area (Å²) in [6.07, 6.45) is -2.85. The van der Waals surface area contributed by atoms with Gasteiger partial charge in [-0.1, -0.05) is 60.7 Å². The number of aromatic nitrogens is 2. The molecule has 0 amide bonds. The molecule has 2 atom stereocenters. The Morgan fingerprint density at radius 1 is 0.944 bits per heavy atom. The van der Waals surface area contributed by atoms with Crippen molar-refractivity contribution >= 4 is 11.6 Å². The van der Waals surface area contributed by atoms with Crippen LogP contribution in [0.5, 0.6) is 11.5 Å². The number of benzene rings is 3. The van der Waals surface area contributed by atoms with Crippen LogP contribution in [-0.4, -0.2) is 21.7 Å². The number of hydrogen-bond acceptors (Lipinski definition) is 4. The van der Waals surface area contributed by atoms with Gasteiger partial charge in [-0.15, -0.1) is 0 Å². The maximum absolute atomic E-state index is 13.9. The maximum atomic E-state index is 13.9. The van der Waals surface area contributed by atoms with E-state index < -0.39 is 18.3 Å². The Bertz CT molecular complexity index is 1320. The number of fused-ring (bicyclic) bond motifs is 1. The SMILES string of the molecule is O=C(CCc1ccc(Oc2ccccc2)cc1)c1cnn2c1NC(c1ccccc1)CC2C(F)(F)F. The molecule has 0 bridgehead atoms. The fourth-order valence-corrected chi connectivity index (χ4v) is 4.41. The molecular weight excluding hydrogens is 467 g/mol. The molecule has 0 radical (unpaired) electrons. The van der Waals surface area contributed by atoms with E-state index in [-0.39, 0.29) is 30.0 Å². The van der Waals surface area contributed by atoms with Crippen LogP contribution in [0.3, 0.4) is 0 Å². The van der Waals surface area contributed by atoms with Gasteiger partial charge in [-0.25, -0.2) is 4.68 Å². The zero-order valence-corrected chi connectivity index (χ0v) is 19.3. The number of nitrogens with one attached hydrogen (secondary N) is 1. The maximum Gasteiger partial charge on any atom is 0.410 e. The van der Waals surface area contributed by atoms with Crippen LogP contribution in [0.2, 0.25) is 0 Å². The summed E-state index contributed by atoms with van der Waals surface area (Å²) in [6.45, 7) is 0. The number of rotatable bonds is 7. The van der Waals surface area contributed by atoms with Gasteiger partial charge in [-0.3, -0.25) is 4.79 Å². The molecule has 0 fully saturated rings. The number of nitrogens with zero attached hydrogens (tertiary/aromatic N) is 2. The van der Waals surface area contributed by atoms with Crippen molar-refractivity contribution in [2.45, 2.75) is 37.5 Å². The number of anilines is 1. The van der Waals surface area contributed by atoms with Crippen molar-refractivity contribution in [2.75, 3.05) is 5.32 Å².